The summed E-state index contributed by atoms with van der Waals surface area (Å²) in [5.74, 6) is -4.32. The topological polar surface area (TPSA) is 76.9 Å². The highest BCUT2D eigenvalue weighted by atomic mass is 19.4. The summed E-state index contributed by atoms with van der Waals surface area (Å²) in [5, 5.41) is 2.36. The lowest BCUT2D eigenvalue weighted by atomic mass is 9.85. The van der Waals surface area contributed by atoms with Gasteiger partial charge in [-0.2, -0.15) is 13.2 Å². The second-order valence-electron chi connectivity index (χ2n) is 9.69. The van der Waals surface area contributed by atoms with E-state index in [1.54, 1.807) is 19.1 Å². The number of rotatable bonds is 10. The molecule has 0 aliphatic carbocycles. The van der Waals surface area contributed by atoms with Gasteiger partial charge in [-0.25, -0.2) is 18.2 Å². The molecule has 1 N–H and O–H groups in total. The van der Waals surface area contributed by atoms with Gasteiger partial charge in [0.1, 0.15) is 17.5 Å². The number of amides is 1. The van der Waals surface area contributed by atoms with Crippen LogP contribution in [0.2, 0.25) is 0 Å². The van der Waals surface area contributed by atoms with Crippen LogP contribution in [0.15, 0.2) is 67.3 Å². The Bertz CT molecular complexity index is 1580. The highest BCUT2D eigenvalue weighted by Crippen LogP contribution is 2.35. The SMILES string of the molecule is CCC(C(=O)C[C@@H](Cc1cc(F)cc(F)c1)c1ncccc1-c1ccc(F)c(C(=O)NC)c1)n1cnc(C(F)(F)F)c1. The Balaban J connectivity index is 1.77. The molecule has 2 heterocycles. The molecule has 4 aromatic rings. The standard InChI is InChI=1S/C30H26F6N4O2/c1-3-25(40-15-27(39-16-40)30(34,35)36)26(41)13-19(9-17-10-20(31)14-21(32)11-17)28-22(5-4-8-38-28)18-6-7-24(33)23(12-18)29(42)37-2/h4-8,10-12,14-16,19,25H,3,9,13H2,1-2H3,(H,37,42)/t19-,25?/m1/s1. The Morgan fingerprint density at radius 2 is 1.71 bits per heavy atom. The Morgan fingerprint density at radius 3 is 2.33 bits per heavy atom. The van der Waals surface area contributed by atoms with Crippen molar-refractivity contribution < 1.29 is 35.9 Å². The number of Topliss-reactive ketones (excluding diaryl/α,β-unsaturated/α-hetero) is 1. The summed E-state index contributed by atoms with van der Waals surface area (Å²) in [6.07, 6.45) is -1.70. The van der Waals surface area contributed by atoms with Gasteiger partial charge in [-0.05, 0) is 54.3 Å². The lowest BCUT2D eigenvalue weighted by Crippen LogP contribution is -2.22. The molecule has 0 bridgehead atoms. The molecule has 0 saturated carbocycles. The van der Waals surface area contributed by atoms with Gasteiger partial charge in [0.2, 0.25) is 0 Å². The summed E-state index contributed by atoms with van der Waals surface area (Å²) in [5.41, 5.74) is 0.0142. The van der Waals surface area contributed by atoms with E-state index in [1.165, 1.54) is 25.4 Å². The van der Waals surface area contributed by atoms with Crippen molar-refractivity contribution >= 4 is 11.7 Å². The predicted molar refractivity (Wildman–Crippen MR) is 142 cm³/mol. The molecule has 0 radical (unpaired) electrons. The first-order chi connectivity index (χ1) is 19.9. The number of carbonyl (C=O) groups is 2. The number of nitrogens with zero attached hydrogens (tertiary/aromatic N) is 3. The fraction of sp³-hybridized carbons (Fsp3) is 0.267. The normalized spacial score (nSPS) is 13.0. The van der Waals surface area contributed by atoms with Crippen molar-refractivity contribution in [3.63, 3.8) is 0 Å². The number of pyridine rings is 1. The van der Waals surface area contributed by atoms with Crippen LogP contribution in [-0.2, 0) is 17.4 Å². The molecule has 6 nitrogen and oxygen atoms in total. The molecule has 0 aliphatic heterocycles. The van der Waals surface area contributed by atoms with E-state index in [0.29, 0.717) is 22.9 Å². The van der Waals surface area contributed by atoms with Crippen molar-refractivity contribution in [1.82, 2.24) is 19.9 Å². The maximum Gasteiger partial charge on any atom is 0.434 e. The van der Waals surface area contributed by atoms with Crippen LogP contribution in [0.3, 0.4) is 0 Å². The van der Waals surface area contributed by atoms with E-state index >= 15 is 0 Å². The molecule has 0 saturated heterocycles. The molecule has 4 rings (SSSR count). The molecule has 220 valence electrons. The van der Waals surface area contributed by atoms with Crippen molar-refractivity contribution in [2.24, 2.45) is 0 Å². The van der Waals surface area contributed by atoms with Gasteiger partial charge in [0.05, 0.1) is 23.6 Å². The van der Waals surface area contributed by atoms with Gasteiger partial charge < -0.3 is 9.88 Å². The Labute approximate surface area is 237 Å². The van der Waals surface area contributed by atoms with E-state index in [4.69, 9.17) is 0 Å². The number of alkyl halides is 3. The number of aromatic nitrogens is 3. The molecule has 1 unspecified atom stereocenters. The quantitative estimate of drug-likeness (QED) is 0.210. The molecule has 0 aliphatic rings. The van der Waals surface area contributed by atoms with Crippen molar-refractivity contribution in [3.8, 4) is 11.1 Å². The van der Waals surface area contributed by atoms with Crippen LogP contribution in [0, 0.1) is 17.5 Å². The van der Waals surface area contributed by atoms with Gasteiger partial charge in [0.25, 0.3) is 5.91 Å². The van der Waals surface area contributed by atoms with E-state index in [2.05, 4.69) is 15.3 Å². The Hall–Kier alpha value is -4.48. The van der Waals surface area contributed by atoms with Gasteiger partial charge in [-0.3, -0.25) is 14.6 Å². The second kappa shape index (κ2) is 12.6. The Morgan fingerprint density at radius 1 is 1.00 bits per heavy atom. The summed E-state index contributed by atoms with van der Waals surface area (Å²) in [7, 11) is 1.35. The third-order valence-corrected chi connectivity index (χ3v) is 6.84. The zero-order chi connectivity index (χ0) is 30.6. The number of halogens is 6. The average molecular weight is 589 g/mol. The van der Waals surface area contributed by atoms with Crippen molar-refractivity contribution in [3.05, 3.63) is 107 Å². The summed E-state index contributed by atoms with van der Waals surface area (Å²) >= 11 is 0. The fourth-order valence-electron chi connectivity index (χ4n) is 4.90. The summed E-state index contributed by atoms with van der Waals surface area (Å²) in [6.45, 7) is 1.64. The van der Waals surface area contributed by atoms with Gasteiger partial charge in [0, 0.05) is 43.4 Å². The van der Waals surface area contributed by atoms with Crippen LogP contribution < -0.4 is 5.32 Å². The van der Waals surface area contributed by atoms with Crippen molar-refractivity contribution in [2.75, 3.05) is 7.05 Å². The minimum Gasteiger partial charge on any atom is -0.355 e. The van der Waals surface area contributed by atoms with E-state index in [9.17, 15) is 35.9 Å². The molecule has 2 atom stereocenters. The summed E-state index contributed by atoms with van der Waals surface area (Å²) in [6, 6.07) is 9.06. The van der Waals surface area contributed by atoms with Crippen LogP contribution in [0.25, 0.3) is 11.1 Å². The van der Waals surface area contributed by atoms with E-state index in [0.717, 1.165) is 35.3 Å². The van der Waals surface area contributed by atoms with Crippen molar-refractivity contribution in [2.45, 2.75) is 44.3 Å². The third-order valence-electron chi connectivity index (χ3n) is 6.84. The highest BCUT2D eigenvalue weighted by Gasteiger charge is 2.35. The zero-order valence-electron chi connectivity index (χ0n) is 22.6. The smallest absolute Gasteiger partial charge is 0.355 e. The van der Waals surface area contributed by atoms with E-state index in [-0.39, 0.29) is 30.4 Å². The average Bonchev–Trinajstić information content (AvgIpc) is 3.43. The largest absolute Gasteiger partial charge is 0.434 e. The lowest BCUT2D eigenvalue weighted by Gasteiger charge is -2.23. The Kier molecular flexibility index (Phi) is 9.13. The molecular formula is C30H26F6N4O2. The first-order valence-electron chi connectivity index (χ1n) is 13.0. The molecule has 1 amide bonds. The molecule has 12 heteroatoms. The number of hydrogen-bond acceptors (Lipinski definition) is 4. The number of carbonyl (C=O) groups excluding carboxylic acids is 2. The zero-order valence-corrected chi connectivity index (χ0v) is 22.6. The molecule has 0 fully saturated rings. The number of ketones is 1. The van der Waals surface area contributed by atoms with Gasteiger partial charge >= 0.3 is 6.18 Å². The van der Waals surface area contributed by atoms with Gasteiger partial charge in [-0.1, -0.05) is 19.1 Å². The van der Waals surface area contributed by atoms with E-state index in [1.807, 2.05) is 0 Å². The minimum absolute atomic E-state index is 0.0535. The molecule has 2 aromatic heterocycles. The molecule has 0 spiro atoms. The number of imidazole rings is 1. The number of hydrogen-bond donors (Lipinski definition) is 1. The summed E-state index contributed by atoms with van der Waals surface area (Å²) < 4.78 is 83.2. The maximum atomic E-state index is 14.4. The van der Waals surface area contributed by atoms with E-state index < -0.39 is 53.0 Å². The first-order valence-corrected chi connectivity index (χ1v) is 13.0. The maximum absolute atomic E-state index is 14.4. The summed E-state index contributed by atoms with van der Waals surface area (Å²) in [4.78, 5) is 33.7. The second-order valence-corrected chi connectivity index (χ2v) is 9.69. The highest BCUT2D eigenvalue weighted by molar-refractivity contribution is 5.95. The van der Waals surface area contributed by atoms with Crippen LogP contribution in [-0.4, -0.2) is 33.3 Å². The number of nitrogens with one attached hydrogen (secondary N) is 1. The lowest BCUT2D eigenvalue weighted by molar-refractivity contribution is -0.141. The van der Waals surface area contributed by atoms with Crippen LogP contribution in [0.5, 0.6) is 0 Å². The molecule has 42 heavy (non-hydrogen) atoms. The van der Waals surface area contributed by atoms with Gasteiger partial charge in [0.15, 0.2) is 11.5 Å². The number of benzene rings is 2. The van der Waals surface area contributed by atoms with Crippen molar-refractivity contribution in [1.29, 1.82) is 0 Å². The first kappa shape index (κ1) is 30.5. The van der Waals surface area contributed by atoms with Crippen LogP contribution in [0.4, 0.5) is 26.3 Å². The van der Waals surface area contributed by atoms with Crippen LogP contribution >= 0.6 is 0 Å². The predicted octanol–water partition coefficient (Wildman–Crippen LogP) is 6.68. The fourth-order valence-corrected chi connectivity index (χ4v) is 4.90. The monoisotopic (exact) mass is 588 g/mol. The molecular weight excluding hydrogens is 562 g/mol. The third kappa shape index (κ3) is 6.87. The minimum atomic E-state index is -4.69. The molecule has 2 aromatic carbocycles. The van der Waals surface area contributed by atoms with Crippen LogP contribution in [0.1, 0.15) is 59.0 Å². The van der Waals surface area contributed by atoms with Gasteiger partial charge in [-0.15, -0.1) is 0 Å².